The van der Waals surface area contributed by atoms with Gasteiger partial charge in [-0.25, -0.2) is 0 Å². The Kier molecular flexibility index (Phi) is 7.47. The molecule has 4 nitrogen and oxygen atoms in total. The molecule has 2 rings (SSSR count). The lowest BCUT2D eigenvalue weighted by molar-refractivity contribution is -0.178. The number of ether oxygens (including phenoxy) is 2. The van der Waals surface area contributed by atoms with E-state index in [0.29, 0.717) is 0 Å². The van der Waals surface area contributed by atoms with Crippen LogP contribution in [0, 0.1) is 0 Å². The highest BCUT2D eigenvalue weighted by Gasteiger charge is 2.51. The molecule has 0 saturated carbocycles. The Labute approximate surface area is 173 Å². The van der Waals surface area contributed by atoms with E-state index in [1.54, 1.807) is 11.8 Å². The molecular weight excluding hydrogens is 400 g/mol. The molecule has 152 valence electrons. The van der Waals surface area contributed by atoms with Crippen LogP contribution < -0.4 is 0 Å². The third-order valence-corrected chi connectivity index (χ3v) is 11.6. The van der Waals surface area contributed by atoms with Gasteiger partial charge in [-0.3, -0.25) is 4.79 Å². The molecule has 1 aliphatic heterocycles. The third-order valence-electron chi connectivity index (χ3n) is 5.27. The summed E-state index contributed by atoms with van der Waals surface area (Å²) < 4.78 is 18.3. The largest absolute Gasteiger partial charge is 0.457 e. The van der Waals surface area contributed by atoms with Crippen LogP contribution in [0.4, 0.5) is 0 Å². The van der Waals surface area contributed by atoms with Gasteiger partial charge in [-0.15, -0.1) is 11.8 Å². The molecule has 1 fully saturated rings. The van der Waals surface area contributed by atoms with Gasteiger partial charge in [0, 0.05) is 11.8 Å². The molecule has 7 heteroatoms. The van der Waals surface area contributed by atoms with Crippen molar-refractivity contribution in [2.45, 2.75) is 86.8 Å². The summed E-state index contributed by atoms with van der Waals surface area (Å²) in [5.74, 6) is -0.337. The second-order valence-corrected chi connectivity index (χ2v) is 14.9. The number of benzene rings is 1. The lowest BCUT2D eigenvalue weighted by Gasteiger charge is -2.48. The van der Waals surface area contributed by atoms with E-state index < -0.39 is 20.0 Å². The van der Waals surface area contributed by atoms with Crippen molar-refractivity contribution in [3.8, 4) is 0 Å². The van der Waals surface area contributed by atoms with E-state index in [4.69, 9.17) is 25.5 Å². The molecule has 0 radical (unpaired) electrons. The Hall–Kier alpha value is -0.533. The van der Waals surface area contributed by atoms with Crippen LogP contribution in [0.3, 0.4) is 0 Å². The van der Waals surface area contributed by atoms with Crippen LogP contribution in [0.1, 0.15) is 34.6 Å². The molecule has 0 unspecified atom stereocenters. The highest BCUT2D eigenvalue weighted by atomic mass is 35.5. The predicted molar refractivity (Wildman–Crippen MR) is 114 cm³/mol. The van der Waals surface area contributed by atoms with Crippen LogP contribution in [-0.4, -0.2) is 43.4 Å². The molecule has 0 N–H and O–H groups in total. The molecule has 5 atom stereocenters. The number of thioether (sulfide) groups is 1. The smallest absolute Gasteiger partial charge is 0.303 e. The monoisotopic (exact) mass is 430 g/mol. The number of esters is 1. The van der Waals surface area contributed by atoms with Crippen molar-refractivity contribution in [1.82, 2.24) is 0 Å². The lowest BCUT2D eigenvalue weighted by Crippen LogP contribution is -2.60. The minimum absolute atomic E-state index is 0.0269. The van der Waals surface area contributed by atoms with E-state index >= 15 is 0 Å². The minimum atomic E-state index is -2.12. The molecule has 0 aromatic heterocycles. The standard InChI is InChI=1S/C20H31ClO4SSi/c1-13-16(24-14(2)22)17(25-27(6,7)20(3,4)5)18(19(21)23-13)26-15-11-9-8-10-12-15/h8-13,16-19H,1-7H3/t13-,16-,17+,18+,19+/m1/s1. The topological polar surface area (TPSA) is 44.8 Å². The quantitative estimate of drug-likeness (QED) is 0.353. The fourth-order valence-corrected chi connectivity index (χ4v) is 5.76. The molecule has 0 aliphatic carbocycles. The van der Waals surface area contributed by atoms with Gasteiger partial charge in [0.15, 0.2) is 14.4 Å². The van der Waals surface area contributed by atoms with Crippen LogP contribution in [-0.2, 0) is 18.7 Å². The predicted octanol–water partition coefficient (Wildman–Crippen LogP) is 5.45. The number of carbonyl (C=O) groups is 1. The van der Waals surface area contributed by atoms with Crippen LogP contribution in [0.2, 0.25) is 18.1 Å². The van der Waals surface area contributed by atoms with Gasteiger partial charge in [0.2, 0.25) is 0 Å². The molecule has 1 aromatic rings. The highest BCUT2D eigenvalue weighted by molar-refractivity contribution is 8.00. The van der Waals surface area contributed by atoms with Gasteiger partial charge < -0.3 is 13.9 Å². The second-order valence-electron chi connectivity index (χ2n) is 8.50. The van der Waals surface area contributed by atoms with Gasteiger partial charge in [0.05, 0.1) is 11.4 Å². The fourth-order valence-electron chi connectivity index (χ4n) is 2.75. The first-order valence-corrected chi connectivity index (χ1v) is 13.5. The third kappa shape index (κ3) is 5.73. The average Bonchev–Trinajstić information content (AvgIpc) is 2.54. The Balaban J connectivity index is 2.38. The average molecular weight is 431 g/mol. The first-order valence-electron chi connectivity index (χ1n) is 9.28. The van der Waals surface area contributed by atoms with Crippen molar-refractivity contribution in [3.05, 3.63) is 30.3 Å². The zero-order valence-electron chi connectivity index (χ0n) is 17.2. The zero-order chi connectivity index (χ0) is 20.4. The molecule has 0 amide bonds. The summed E-state index contributed by atoms with van der Waals surface area (Å²) in [6.45, 7) is 14.3. The van der Waals surface area contributed by atoms with Gasteiger partial charge in [0.25, 0.3) is 0 Å². The number of rotatable bonds is 5. The van der Waals surface area contributed by atoms with Crippen LogP contribution in [0.25, 0.3) is 0 Å². The summed E-state index contributed by atoms with van der Waals surface area (Å²) in [5, 5.41) is -0.164. The second kappa shape index (κ2) is 8.87. The number of hydrogen-bond donors (Lipinski definition) is 0. The Morgan fingerprint density at radius 1 is 1.19 bits per heavy atom. The van der Waals surface area contributed by atoms with Gasteiger partial charge in [-0.1, -0.05) is 50.6 Å². The molecule has 0 bridgehead atoms. The summed E-state index contributed by atoms with van der Waals surface area (Å²) in [4.78, 5) is 12.8. The Morgan fingerprint density at radius 3 is 2.30 bits per heavy atom. The fraction of sp³-hybridized carbons (Fsp3) is 0.650. The van der Waals surface area contributed by atoms with E-state index in [1.165, 1.54) is 6.92 Å². The van der Waals surface area contributed by atoms with Crippen LogP contribution in [0.5, 0.6) is 0 Å². The normalized spacial score (nSPS) is 29.4. The molecule has 1 heterocycles. The lowest BCUT2D eigenvalue weighted by atomic mass is 10.0. The SMILES string of the molecule is CC(=O)O[C@H]1[C@H](O[Si](C)(C)C(C)(C)C)[C@H](Sc2ccccc2)[C@@H](Cl)O[C@@H]1C. The Bertz CT molecular complexity index is 635. The van der Waals surface area contributed by atoms with E-state index in [1.807, 2.05) is 37.3 Å². The van der Waals surface area contributed by atoms with Crippen molar-refractivity contribution in [2.75, 3.05) is 0 Å². The van der Waals surface area contributed by atoms with E-state index in [-0.39, 0.29) is 28.5 Å². The van der Waals surface area contributed by atoms with E-state index in [0.717, 1.165) is 4.90 Å². The van der Waals surface area contributed by atoms with Crippen molar-refractivity contribution in [1.29, 1.82) is 0 Å². The maximum atomic E-state index is 11.8. The minimum Gasteiger partial charge on any atom is -0.457 e. The van der Waals surface area contributed by atoms with E-state index in [2.05, 4.69) is 33.9 Å². The summed E-state index contributed by atoms with van der Waals surface area (Å²) in [7, 11) is -2.12. The number of halogens is 1. The molecule has 1 aliphatic rings. The molecule has 1 saturated heterocycles. The molecule has 27 heavy (non-hydrogen) atoms. The summed E-state index contributed by atoms with van der Waals surface area (Å²) >= 11 is 8.23. The zero-order valence-corrected chi connectivity index (χ0v) is 19.8. The maximum absolute atomic E-state index is 11.8. The maximum Gasteiger partial charge on any atom is 0.303 e. The van der Waals surface area contributed by atoms with Gasteiger partial charge in [-0.05, 0) is 37.2 Å². The molecule has 0 spiro atoms. The first-order chi connectivity index (χ1) is 12.4. The summed E-state index contributed by atoms with van der Waals surface area (Å²) in [6.07, 6.45) is -1.17. The number of alkyl halides is 1. The van der Waals surface area contributed by atoms with Crippen LogP contribution >= 0.6 is 23.4 Å². The van der Waals surface area contributed by atoms with Crippen molar-refractivity contribution in [3.63, 3.8) is 0 Å². The Morgan fingerprint density at radius 2 is 1.78 bits per heavy atom. The van der Waals surface area contributed by atoms with Crippen molar-refractivity contribution >= 4 is 37.6 Å². The van der Waals surface area contributed by atoms with Crippen molar-refractivity contribution in [2.24, 2.45) is 0 Å². The highest BCUT2D eigenvalue weighted by Crippen LogP contribution is 2.44. The molecular formula is C20H31ClO4SSi. The van der Waals surface area contributed by atoms with Gasteiger partial charge in [-0.2, -0.15) is 0 Å². The summed E-state index contributed by atoms with van der Waals surface area (Å²) in [5.41, 5.74) is -0.535. The van der Waals surface area contributed by atoms with E-state index in [9.17, 15) is 4.79 Å². The summed E-state index contributed by atoms with van der Waals surface area (Å²) in [6, 6.07) is 10.0. The first kappa shape index (κ1) is 22.8. The van der Waals surface area contributed by atoms with Crippen LogP contribution in [0.15, 0.2) is 35.2 Å². The molecule has 1 aromatic carbocycles. The van der Waals surface area contributed by atoms with Gasteiger partial charge >= 0.3 is 5.97 Å². The number of carbonyl (C=O) groups excluding carboxylic acids is 1. The van der Waals surface area contributed by atoms with Crippen molar-refractivity contribution < 1.29 is 18.7 Å². The number of hydrogen-bond acceptors (Lipinski definition) is 5. The van der Waals surface area contributed by atoms with Gasteiger partial charge in [0.1, 0.15) is 11.7 Å².